The molecule has 0 radical (unpaired) electrons. The van der Waals surface area contributed by atoms with E-state index in [1.165, 1.54) is 0 Å². The molecule has 2 nitrogen and oxygen atoms in total. The lowest BCUT2D eigenvalue weighted by molar-refractivity contribution is -0.165. The maximum Gasteiger partial charge on any atom is 0.345 e. The number of alkyl halides is 2. The zero-order valence-corrected chi connectivity index (χ0v) is 5.65. The van der Waals surface area contributed by atoms with Crippen molar-refractivity contribution in [2.45, 2.75) is 25.6 Å². The van der Waals surface area contributed by atoms with Crippen LogP contribution < -0.4 is 5.32 Å². The normalized spacial score (nSPS) is 27.3. The molecule has 1 aliphatic heterocycles. The lowest BCUT2D eigenvalue weighted by atomic mass is 10.1. The number of hydrogen-bond donors (Lipinski definition) is 1. The Morgan fingerprint density at radius 1 is 1.50 bits per heavy atom. The molecule has 10 heavy (non-hydrogen) atoms. The average molecular weight is 151 g/mol. The van der Waals surface area contributed by atoms with Gasteiger partial charge in [-0.15, -0.1) is 0 Å². The van der Waals surface area contributed by atoms with Gasteiger partial charge in [0.1, 0.15) is 0 Å². The molecule has 0 unspecified atom stereocenters. The van der Waals surface area contributed by atoms with E-state index < -0.39 is 6.61 Å². The Labute approximate surface area is 58.6 Å². The molecule has 0 amide bonds. The Morgan fingerprint density at radius 3 is 2.80 bits per heavy atom. The minimum absolute atomic E-state index is 0.284. The van der Waals surface area contributed by atoms with Crippen molar-refractivity contribution in [3.05, 3.63) is 0 Å². The SMILES string of the molecule is FC(F)O[C@H]1CCCNC1. The lowest BCUT2D eigenvalue weighted by Crippen LogP contribution is -2.36. The smallest absolute Gasteiger partial charge is 0.318 e. The van der Waals surface area contributed by atoms with Gasteiger partial charge in [0.15, 0.2) is 0 Å². The molecule has 0 spiro atoms. The zero-order chi connectivity index (χ0) is 7.40. The van der Waals surface area contributed by atoms with E-state index in [0.29, 0.717) is 6.54 Å². The Bertz CT molecular complexity index is 93.7. The van der Waals surface area contributed by atoms with Crippen LogP contribution in [0.4, 0.5) is 8.78 Å². The summed E-state index contributed by atoms with van der Waals surface area (Å²) in [5.41, 5.74) is 0. The molecule has 1 atom stereocenters. The van der Waals surface area contributed by atoms with Crippen molar-refractivity contribution >= 4 is 0 Å². The summed E-state index contributed by atoms with van der Waals surface area (Å²) >= 11 is 0. The topological polar surface area (TPSA) is 21.3 Å². The molecule has 60 valence electrons. The summed E-state index contributed by atoms with van der Waals surface area (Å²) in [6.07, 6.45) is 1.39. The molecule has 1 rings (SSSR count). The fourth-order valence-corrected chi connectivity index (χ4v) is 1.08. The molecule has 0 aromatic carbocycles. The van der Waals surface area contributed by atoms with Crippen LogP contribution in [0.1, 0.15) is 12.8 Å². The largest absolute Gasteiger partial charge is 0.345 e. The summed E-state index contributed by atoms with van der Waals surface area (Å²) in [5, 5.41) is 2.98. The summed E-state index contributed by atoms with van der Waals surface area (Å²) in [5.74, 6) is 0. The molecule has 1 fully saturated rings. The summed E-state index contributed by atoms with van der Waals surface area (Å²) in [6, 6.07) is 0. The minimum atomic E-state index is -2.62. The highest BCUT2D eigenvalue weighted by Gasteiger charge is 2.16. The summed E-state index contributed by atoms with van der Waals surface area (Å²) in [4.78, 5) is 0. The van der Waals surface area contributed by atoms with E-state index in [1.54, 1.807) is 0 Å². The van der Waals surface area contributed by atoms with Crippen LogP contribution in [0.15, 0.2) is 0 Å². The monoisotopic (exact) mass is 151 g/mol. The third-order valence-corrected chi connectivity index (χ3v) is 1.55. The predicted molar refractivity (Wildman–Crippen MR) is 33.0 cm³/mol. The number of piperidine rings is 1. The Hall–Kier alpha value is -0.220. The maximum atomic E-state index is 11.6. The molecule has 4 heteroatoms. The second-order valence-electron chi connectivity index (χ2n) is 2.37. The zero-order valence-electron chi connectivity index (χ0n) is 5.65. The number of hydrogen-bond acceptors (Lipinski definition) is 2. The summed E-state index contributed by atoms with van der Waals surface area (Å²) in [6.45, 7) is -1.14. The molecule has 0 aliphatic carbocycles. The first-order chi connectivity index (χ1) is 4.79. The predicted octanol–water partition coefficient (Wildman–Crippen LogP) is 0.978. The molecular weight excluding hydrogens is 140 g/mol. The van der Waals surface area contributed by atoms with Crippen molar-refractivity contribution in [1.29, 1.82) is 0 Å². The van der Waals surface area contributed by atoms with E-state index >= 15 is 0 Å². The quantitative estimate of drug-likeness (QED) is 0.635. The molecule has 1 N–H and O–H groups in total. The highest BCUT2D eigenvalue weighted by Crippen LogP contribution is 2.09. The van der Waals surface area contributed by atoms with Crippen molar-refractivity contribution in [3.63, 3.8) is 0 Å². The van der Waals surface area contributed by atoms with Gasteiger partial charge >= 0.3 is 6.61 Å². The van der Waals surface area contributed by atoms with Gasteiger partial charge in [-0.25, -0.2) is 0 Å². The van der Waals surface area contributed by atoms with Crippen LogP contribution >= 0.6 is 0 Å². The van der Waals surface area contributed by atoms with Crippen LogP contribution in [0, 0.1) is 0 Å². The standard InChI is InChI=1S/C6H11F2NO/c7-6(8)10-5-2-1-3-9-4-5/h5-6,9H,1-4H2/t5-/m0/s1. The number of nitrogens with one attached hydrogen (secondary N) is 1. The number of rotatable bonds is 2. The second kappa shape index (κ2) is 3.83. The first-order valence-corrected chi connectivity index (χ1v) is 3.43. The summed E-state index contributed by atoms with van der Waals surface area (Å²) < 4.78 is 27.4. The van der Waals surface area contributed by atoms with Gasteiger partial charge in [0.25, 0.3) is 0 Å². The lowest BCUT2D eigenvalue weighted by Gasteiger charge is -2.22. The molecule has 1 saturated heterocycles. The molecule has 0 bridgehead atoms. The van der Waals surface area contributed by atoms with Crippen LogP contribution in [0.2, 0.25) is 0 Å². The van der Waals surface area contributed by atoms with E-state index in [-0.39, 0.29) is 6.10 Å². The van der Waals surface area contributed by atoms with Gasteiger partial charge in [-0.1, -0.05) is 0 Å². The van der Waals surface area contributed by atoms with E-state index in [2.05, 4.69) is 10.1 Å². The Balaban J connectivity index is 2.13. The first kappa shape index (κ1) is 7.88. The van der Waals surface area contributed by atoms with Crippen LogP contribution in [-0.2, 0) is 4.74 Å². The van der Waals surface area contributed by atoms with Crippen molar-refractivity contribution in [2.75, 3.05) is 13.1 Å². The first-order valence-electron chi connectivity index (χ1n) is 3.43. The number of halogens is 2. The Morgan fingerprint density at radius 2 is 2.30 bits per heavy atom. The fourth-order valence-electron chi connectivity index (χ4n) is 1.08. The molecule has 1 aliphatic rings. The molecule has 0 aromatic heterocycles. The molecular formula is C6H11F2NO. The van der Waals surface area contributed by atoms with Gasteiger partial charge < -0.3 is 10.1 Å². The van der Waals surface area contributed by atoms with Gasteiger partial charge in [0, 0.05) is 6.54 Å². The molecule has 0 saturated carbocycles. The average Bonchev–Trinajstić information content (AvgIpc) is 1.88. The van der Waals surface area contributed by atoms with Gasteiger partial charge in [0.2, 0.25) is 0 Å². The summed E-state index contributed by atoms with van der Waals surface area (Å²) in [7, 11) is 0. The third kappa shape index (κ3) is 2.58. The van der Waals surface area contributed by atoms with Crippen molar-refractivity contribution in [3.8, 4) is 0 Å². The van der Waals surface area contributed by atoms with Gasteiger partial charge in [-0.05, 0) is 19.4 Å². The van der Waals surface area contributed by atoms with E-state index in [1.807, 2.05) is 0 Å². The van der Waals surface area contributed by atoms with Crippen LogP contribution in [-0.4, -0.2) is 25.8 Å². The number of ether oxygens (including phenoxy) is 1. The van der Waals surface area contributed by atoms with Crippen molar-refractivity contribution in [1.82, 2.24) is 5.32 Å². The highest BCUT2D eigenvalue weighted by atomic mass is 19.3. The highest BCUT2D eigenvalue weighted by molar-refractivity contribution is 4.68. The third-order valence-electron chi connectivity index (χ3n) is 1.55. The fraction of sp³-hybridized carbons (Fsp3) is 1.00. The molecule has 1 heterocycles. The maximum absolute atomic E-state index is 11.6. The van der Waals surface area contributed by atoms with E-state index in [9.17, 15) is 8.78 Å². The van der Waals surface area contributed by atoms with Crippen molar-refractivity contribution < 1.29 is 13.5 Å². The van der Waals surface area contributed by atoms with E-state index in [0.717, 1.165) is 19.4 Å². The Kier molecular flexibility index (Phi) is 3.02. The van der Waals surface area contributed by atoms with Crippen LogP contribution in [0.3, 0.4) is 0 Å². The minimum Gasteiger partial charge on any atom is -0.318 e. The van der Waals surface area contributed by atoms with Gasteiger partial charge in [0.05, 0.1) is 6.10 Å². The van der Waals surface area contributed by atoms with Crippen molar-refractivity contribution in [2.24, 2.45) is 0 Å². The van der Waals surface area contributed by atoms with Gasteiger partial charge in [-0.2, -0.15) is 8.78 Å². The molecule has 0 aromatic rings. The van der Waals surface area contributed by atoms with E-state index in [4.69, 9.17) is 0 Å². The van der Waals surface area contributed by atoms with Gasteiger partial charge in [-0.3, -0.25) is 0 Å². The second-order valence-corrected chi connectivity index (χ2v) is 2.37. The van der Waals surface area contributed by atoms with Crippen LogP contribution in [0.25, 0.3) is 0 Å². The van der Waals surface area contributed by atoms with Crippen LogP contribution in [0.5, 0.6) is 0 Å².